The summed E-state index contributed by atoms with van der Waals surface area (Å²) >= 11 is 1.64. The van der Waals surface area contributed by atoms with E-state index in [1.54, 1.807) is 23.6 Å². The molecule has 2 aromatic rings. The molecule has 1 fully saturated rings. The van der Waals surface area contributed by atoms with Crippen LogP contribution >= 0.6 is 11.3 Å². The van der Waals surface area contributed by atoms with Crippen molar-refractivity contribution in [2.75, 3.05) is 26.2 Å². The van der Waals surface area contributed by atoms with E-state index in [2.05, 4.69) is 16.0 Å². The van der Waals surface area contributed by atoms with E-state index in [1.165, 1.54) is 5.56 Å². The minimum Gasteiger partial charge on any atom is -0.337 e. The highest BCUT2D eigenvalue weighted by Gasteiger charge is 2.19. The van der Waals surface area contributed by atoms with Gasteiger partial charge in [0.15, 0.2) is 0 Å². The van der Waals surface area contributed by atoms with Crippen molar-refractivity contribution >= 4 is 23.3 Å². The highest BCUT2D eigenvalue weighted by Crippen LogP contribution is 2.12. The van der Waals surface area contributed by atoms with Crippen LogP contribution in [0.15, 0.2) is 48.1 Å². The summed E-state index contributed by atoms with van der Waals surface area (Å²) in [4.78, 5) is 21.7. The van der Waals surface area contributed by atoms with Crippen molar-refractivity contribution in [2.45, 2.75) is 6.54 Å². The van der Waals surface area contributed by atoms with Crippen molar-refractivity contribution in [3.05, 3.63) is 58.6 Å². The van der Waals surface area contributed by atoms with Crippen molar-refractivity contribution in [1.82, 2.24) is 14.8 Å². The quantitative estimate of drug-likeness (QED) is 0.814. The number of nitrogens with zero attached hydrogens (tertiary/aromatic N) is 3. The third-order valence-electron chi connectivity index (χ3n) is 3.75. The number of carbonyl (C=O) groups excluding carboxylic acids is 1. The first kappa shape index (κ1) is 14.9. The van der Waals surface area contributed by atoms with Gasteiger partial charge in [0.2, 0.25) is 5.91 Å². The lowest BCUT2D eigenvalue weighted by atomic mass is 10.2. The summed E-state index contributed by atoms with van der Waals surface area (Å²) in [6.07, 6.45) is 7.28. The number of piperazine rings is 1. The molecule has 1 aliphatic rings. The Morgan fingerprint density at radius 1 is 1.23 bits per heavy atom. The third kappa shape index (κ3) is 4.02. The molecule has 0 aliphatic carbocycles. The number of carbonyl (C=O) groups is 1. The molecular weight excluding hydrogens is 294 g/mol. The molecule has 5 heteroatoms. The van der Waals surface area contributed by atoms with Gasteiger partial charge in [-0.2, -0.15) is 0 Å². The van der Waals surface area contributed by atoms with Gasteiger partial charge >= 0.3 is 0 Å². The maximum Gasteiger partial charge on any atom is 0.246 e. The van der Waals surface area contributed by atoms with Gasteiger partial charge in [-0.05, 0) is 29.2 Å². The highest BCUT2D eigenvalue weighted by atomic mass is 32.1. The summed E-state index contributed by atoms with van der Waals surface area (Å²) in [6, 6.07) is 8.06. The molecule has 1 saturated heterocycles. The Balaban J connectivity index is 1.48. The van der Waals surface area contributed by atoms with Gasteiger partial charge in [0, 0.05) is 56.1 Å². The molecule has 0 radical (unpaired) electrons. The zero-order valence-electron chi connectivity index (χ0n) is 12.4. The minimum atomic E-state index is 0.106. The van der Waals surface area contributed by atoms with E-state index in [9.17, 15) is 4.79 Å². The van der Waals surface area contributed by atoms with Crippen molar-refractivity contribution in [2.24, 2.45) is 0 Å². The molecule has 0 N–H and O–H groups in total. The lowest BCUT2D eigenvalue weighted by molar-refractivity contribution is -0.127. The normalized spacial score (nSPS) is 16.3. The second-order valence-corrected chi connectivity index (χ2v) is 6.29. The molecule has 1 amide bonds. The zero-order valence-corrected chi connectivity index (χ0v) is 13.2. The van der Waals surface area contributed by atoms with Gasteiger partial charge in [-0.15, -0.1) is 11.3 Å². The van der Waals surface area contributed by atoms with Crippen LogP contribution in [-0.4, -0.2) is 46.9 Å². The van der Waals surface area contributed by atoms with Crippen LogP contribution in [0.5, 0.6) is 0 Å². The topological polar surface area (TPSA) is 36.4 Å². The van der Waals surface area contributed by atoms with Crippen LogP contribution in [-0.2, 0) is 11.3 Å². The van der Waals surface area contributed by atoms with Crippen LogP contribution < -0.4 is 0 Å². The van der Waals surface area contributed by atoms with Gasteiger partial charge in [-0.1, -0.05) is 12.1 Å². The molecule has 3 rings (SSSR count). The van der Waals surface area contributed by atoms with Gasteiger partial charge in [0.1, 0.15) is 0 Å². The van der Waals surface area contributed by atoms with Crippen LogP contribution in [0.4, 0.5) is 0 Å². The van der Waals surface area contributed by atoms with Gasteiger partial charge < -0.3 is 4.90 Å². The van der Waals surface area contributed by atoms with Gasteiger partial charge in [0.05, 0.1) is 0 Å². The highest BCUT2D eigenvalue weighted by molar-refractivity contribution is 7.10. The van der Waals surface area contributed by atoms with E-state index in [1.807, 2.05) is 40.8 Å². The number of amides is 1. The van der Waals surface area contributed by atoms with Crippen LogP contribution in [0, 0.1) is 0 Å². The van der Waals surface area contributed by atoms with Crippen molar-refractivity contribution in [3.63, 3.8) is 0 Å². The maximum atomic E-state index is 12.2. The van der Waals surface area contributed by atoms with E-state index >= 15 is 0 Å². The van der Waals surface area contributed by atoms with E-state index < -0.39 is 0 Å². The molecule has 22 heavy (non-hydrogen) atoms. The lowest BCUT2D eigenvalue weighted by Crippen LogP contribution is -2.47. The average molecular weight is 313 g/mol. The predicted molar refractivity (Wildman–Crippen MR) is 89.4 cm³/mol. The van der Waals surface area contributed by atoms with Crippen LogP contribution in [0.1, 0.15) is 10.4 Å². The average Bonchev–Trinajstić information content (AvgIpc) is 3.08. The van der Waals surface area contributed by atoms with Crippen molar-refractivity contribution < 1.29 is 4.79 Å². The molecule has 3 heterocycles. The Morgan fingerprint density at radius 3 is 2.77 bits per heavy atom. The summed E-state index contributed by atoms with van der Waals surface area (Å²) in [5, 5.41) is 2.02. The van der Waals surface area contributed by atoms with Crippen molar-refractivity contribution in [3.8, 4) is 0 Å². The first-order valence-corrected chi connectivity index (χ1v) is 8.31. The summed E-state index contributed by atoms with van der Waals surface area (Å²) < 4.78 is 0. The second kappa shape index (κ2) is 7.33. The number of pyridine rings is 1. The fourth-order valence-electron chi connectivity index (χ4n) is 2.52. The Labute approximate surface area is 134 Å². The van der Waals surface area contributed by atoms with E-state index in [-0.39, 0.29) is 5.91 Å². The van der Waals surface area contributed by atoms with Crippen LogP contribution in [0.3, 0.4) is 0 Å². The summed E-state index contributed by atoms with van der Waals surface area (Å²) in [6.45, 7) is 4.30. The van der Waals surface area contributed by atoms with Gasteiger partial charge in [0.25, 0.3) is 0 Å². The van der Waals surface area contributed by atoms with E-state index in [0.29, 0.717) is 0 Å². The molecule has 0 unspecified atom stereocenters. The largest absolute Gasteiger partial charge is 0.337 e. The Hall–Kier alpha value is -1.98. The number of aromatic nitrogens is 1. The van der Waals surface area contributed by atoms with Gasteiger partial charge in [-0.3, -0.25) is 14.7 Å². The molecule has 114 valence electrons. The van der Waals surface area contributed by atoms with Crippen LogP contribution in [0.2, 0.25) is 0 Å². The summed E-state index contributed by atoms with van der Waals surface area (Å²) in [5.74, 6) is 0.106. The maximum absolute atomic E-state index is 12.2. The number of hydrogen-bond acceptors (Lipinski definition) is 4. The molecular formula is C17H19N3OS. The summed E-state index contributed by atoms with van der Waals surface area (Å²) in [5.41, 5.74) is 1.22. The fourth-order valence-corrected chi connectivity index (χ4v) is 3.14. The zero-order chi connectivity index (χ0) is 15.2. The molecule has 0 spiro atoms. The Kier molecular flexibility index (Phi) is 4.98. The van der Waals surface area contributed by atoms with E-state index in [4.69, 9.17) is 0 Å². The Bertz CT molecular complexity index is 617. The lowest BCUT2D eigenvalue weighted by Gasteiger charge is -2.34. The minimum absolute atomic E-state index is 0.106. The smallest absolute Gasteiger partial charge is 0.246 e. The molecule has 2 aromatic heterocycles. The molecule has 1 aliphatic heterocycles. The molecule has 0 saturated carbocycles. The van der Waals surface area contributed by atoms with Gasteiger partial charge in [-0.25, -0.2) is 0 Å². The predicted octanol–water partition coefficient (Wildman–Crippen LogP) is 2.50. The first-order valence-electron chi connectivity index (χ1n) is 7.43. The number of thiophene rings is 1. The molecule has 0 atom stereocenters. The SMILES string of the molecule is O=C(/C=C/c1cccs1)N1CCN(Cc2cccnc2)CC1. The summed E-state index contributed by atoms with van der Waals surface area (Å²) in [7, 11) is 0. The monoisotopic (exact) mass is 313 g/mol. The molecule has 4 nitrogen and oxygen atoms in total. The van der Waals surface area contributed by atoms with Crippen molar-refractivity contribution in [1.29, 1.82) is 0 Å². The number of rotatable bonds is 4. The number of hydrogen-bond donors (Lipinski definition) is 0. The first-order chi connectivity index (χ1) is 10.8. The van der Waals surface area contributed by atoms with Crippen LogP contribution in [0.25, 0.3) is 6.08 Å². The van der Waals surface area contributed by atoms with E-state index in [0.717, 1.165) is 37.6 Å². The molecule has 0 bridgehead atoms. The standard InChI is InChI=1S/C17H19N3OS/c21-17(6-5-16-4-2-12-22-16)20-10-8-19(9-11-20)14-15-3-1-7-18-13-15/h1-7,12-13H,8-11,14H2/b6-5+. The molecule has 0 aromatic carbocycles. The fraction of sp³-hybridized carbons (Fsp3) is 0.294. The second-order valence-electron chi connectivity index (χ2n) is 5.31. The third-order valence-corrected chi connectivity index (χ3v) is 4.58. The Morgan fingerprint density at radius 2 is 2.09 bits per heavy atom.